The third-order valence-corrected chi connectivity index (χ3v) is 5.07. The predicted octanol–water partition coefficient (Wildman–Crippen LogP) is 6.47. The van der Waals surface area contributed by atoms with E-state index in [1.165, 1.54) is 10.8 Å². The van der Waals surface area contributed by atoms with Gasteiger partial charge in [-0.25, -0.2) is 0 Å². The largest absolute Gasteiger partial charge is 0.347 e. The quantitative estimate of drug-likeness (QED) is 0.338. The van der Waals surface area contributed by atoms with Crippen molar-refractivity contribution in [1.29, 1.82) is 0 Å². The molecule has 2 nitrogen and oxygen atoms in total. The molecule has 4 aromatic rings. The smallest absolute Gasteiger partial charge is 0.195 e. The van der Waals surface area contributed by atoms with E-state index in [0.29, 0.717) is 22.0 Å². The molecule has 1 aromatic heterocycles. The SMILES string of the molecule is [2H]C([2H])(F)CCCC([2H])([2H])n1cc(C(=O)c2ccc(C)c3ccccc23)c2ccccc21. The average Bonchev–Trinajstić information content (AvgIpc) is 3.13. The number of carbonyl (C=O) groups excluding carboxylic acids is 1. The Balaban J connectivity index is 1.79. The Hall–Kier alpha value is -2.94. The normalized spacial score (nSPS) is 14.5. The number of fused-ring (bicyclic) bond motifs is 2. The highest BCUT2D eigenvalue weighted by atomic mass is 19.1. The molecule has 0 saturated carbocycles. The minimum absolute atomic E-state index is 0.0366. The lowest BCUT2D eigenvalue weighted by atomic mass is 9.95. The van der Waals surface area contributed by atoms with Gasteiger partial charge >= 0.3 is 0 Å². The van der Waals surface area contributed by atoms with E-state index in [4.69, 9.17) is 5.48 Å². The maximum absolute atomic E-state index is 13.6. The van der Waals surface area contributed by atoms with Crippen LogP contribution in [0.2, 0.25) is 0 Å². The van der Waals surface area contributed by atoms with Crippen molar-refractivity contribution in [2.45, 2.75) is 32.7 Å². The molecule has 142 valence electrons. The molecule has 0 radical (unpaired) electrons. The second-order valence-corrected chi connectivity index (χ2v) is 6.88. The van der Waals surface area contributed by atoms with Crippen LogP contribution in [0.4, 0.5) is 4.39 Å². The highest BCUT2D eigenvalue weighted by Crippen LogP contribution is 2.28. The molecule has 4 rings (SSSR count). The number of para-hydroxylation sites is 1. The summed E-state index contributed by atoms with van der Waals surface area (Å²) in [6.45, 7) is -2.74. The molecule has 0 aliphatic rings. The van der Waals surface area contributed by atoms with Gasteiger partial charge in [-0.1, -0.05) is 54.6 Å². The average molecular weight is 377 g/mol. The number of aryl methyl sites for hydroxylation is 2. The van der Waals surface area contributed by atoms with E-state index in [9.17, 15) is 9.18 Å². The molecule has 0 N–H and O–H groups in total. The van der Waals surface area contributed by atoms with Gasteiger partial charge in [-0.2, -0.15) is 0 Å². The molecule has 1 heterocycles. The van der Waals surface area contributed by atoms with Crippen molar-refractivity contribution in [2.24, 2.45) is 0 Å². The number of benzene rings is 3. The summed E-state index contributed by atoms with van der Waals surface area (Å²) in [4.78, 5) is 13.6. The molecule has 0 saturated heterocycles. The van der Waals surface area contributed by atoms with Crippen LogP contribution in [0.25, 0.3) is 21.7 Å². The molecule has 0 atom stereocenters. The van der Waals surface area contributed by atoms with Gasteiger partial charge in [0.05, 0.1) is 9.37 Å². The monoisotopic (exact) mass is 377 g/mol. The Morgan fingerprint density at radius 1 is 0.893 bits per heavy atom. The number of aromatic nitrogens is 1. The van der Waals surface area contributed by atoms with E-state index in [0.717, 1.165) is 16.3 Å². The van der Waals surface area contributed by atoms with E-state index in [2.05, 4.69) is 0 Å². The number of nitrogens with zero attached hydrogens (tertiary/aromatic N) is 1. The summed E-state index contributed by atoms with van der Waals surface area (Å²) in [5.74, 6) is -0.188. The van der Waals surface area contributed by atoms with Gasteiger partial charge in [-0.05, 0) is 48.6 Å². The first-order valence-electron chi connectivity index (χ1n) is 11.4. The van der Waals surface area contributed by atoms with Gasteiger partial charge in [0.25, 0.3) is 0 Å². The Morgan fingerprint density at radius 2 is 1.61 bits per heavy atom. The van der Waals surface area contributed by atoms with Crippen molar-refractivity contribution in [3.8, 4) is 0 Å². The molecule has 3 aromatic carbocycles. The summed E-state index contributed by atoms with van der Waals surface area (Å²) < 4.78 is 45.8. The van der Waals surface area contributed by atoms with Crippen LogP contribution < -0.4 is 0 Å². The fraction of sp³-hybridized carbons (Fsp3) is 0.240. The molecule has 28 heavy (non-hydrogen) atoms. The summed E-state index contributed by atoms with van der Waals surface area (Å²) >= 11 is 0. The number of halogens is 1. The summed E-state index contributed by atoms with van der Waals surface area (Å²) in [7, 11) is 0. The fourth-order valence-electron chi connectivity index (χ4n) is 3.64. The summed E-state index contributed by atoms with van der Waals surface area (Å²) in [6.07, 6.45) is 1.11. The Labute approximate surface area is 170 Å². The number of rotatable bonds is 7. The Morgan fingerprint density at radius 3 is 2.39 bits per heavy atom. The molecule has 0 bridgehead atoms. The zero-order valence-corrected chi connectivity index (χ0v) is 15.7. The van der Waals surface area contributed by atoms with Crippen molar-refractivity contribution in [1.82, 2.24) is 4.57 Å². The van der Waals surface area contributed by atoms with Crippen molar-refractivity contribution in [3.63, 3.8) is 0 Å². The van der Waals surface area contributed by atoms with Gasteiger partial charge in [0.1, 0.15) is 0 Å². The zero-order chi connectivity index (χ0) is 23.1. The second-order valence-electron chi connectivity index (χ2n) is 6.88. The molecule has 0 aliphatic carbocycles. The van der Waals surface area contributed by atoms with Crippen molar-refractivity contribution in [3.05, 3.63) is 83.6 Å². The third kappa shape index (κ3) is 3.33. The lowest BCUT2D eigenvalue weighted by Crippen LogP contribution is -2.02. The fourth-order valence-corrected chi connectivity index (χ4v) is 3.64. The molecule has 0 amide bonds. The number of carbonyl (C=O) groups is 1. The molecule has 0 aliphatic heterocycles. The van der Waals surface area contributed by atoms with Gasteiger partial charge in [-0.15, -0.1) is 0 Å². The van der Waals surface area contributed by atoms with E-state index in [-0.39, 0.29) is 25.0 Å². The maximum atomic E-state index is 13.6. The minimum atomic E-state index is -2.83. The molecule has 0 spiro atoms. The first kappa shape index (κ1) is 14.1. The van der Waals surface area contributed by atoms with Gasteiger partial charge in [-0.3, -0.25) is 9.18 Å². The van der Waals surface area contributed by atoms with E-state index in [1.807, 2.05) is 49.4 Å². The zero-order valence-electron chi connectivity index (χ0n) is 19.7. The highest BCUT2D eigenvalue weighted by molar-refractivity contribution is 6.21. The summed E-state index contributed by atoms with van der Waals surface area (Å²) in [5, 5.41) is 2.49. The van der Waals surface area contributed by atoms with Crippen LogP contribution in [0.5, 0.6) is 0 Å². The van der Waals surface area contributed by atoms with Crippen LogP contribution in [-0.2, 0) is 6.50 Å². The van der Waals surface area contributed by atoms with E-state index in [1.54, 1.807) is 18.2 Å². The molecular weight excluding hydrogens is 349 g/mol. The van der Waals surface area contributed by atoms with Crippen molar-refractivity contribution in [2.75, 3.05) is 6.63 Å². The van der Waals surface area contributed by atoms with Crippen molar-refractivity contribution < 1.29 is 14.7 Å². The first-order chi connectivity index (χ1) is 15.1. The molecular formula is C25H24FNO. The Bertz CT molecular complexity index is 1310. The lowest BCUT2D eigenvalue weighted by molar-refractivity contribution is 0.104. The van der Waals surface area contributed by atoms with Gasteiger partial charge in [0.15, 0.2) is 5.78 Å². The topological polar surface area (TPSA) is 22.0 Å². The molecule has 0 unspecified atom stereocenters. The van der Waals surface area contributed by atoms with Crippen LogP contribution >= 0.6 is 0 Å². The minimum Gasteiger partial charge on any atom is -0.347 e. The molecule has 0 fully saturated rings. The van der Waals surface area contributed by atoms with Crippen LogP contribution in [0.1, 0.15) is 46.2 Å². The number of hydrogen-bond donors (Lipinski definition) is 0. The van der Waals surface area contributed by atoms with E-state index >= 15 is 0 Å². The van der Waals surface area contributed by atoms with Crippen molar-refractivity contribution >= 4 is 27.5 Å². The maximum Gasteiger partial charge on any atom is 0.195 e. The standard InChI is InChI=1S/C25H24FNO/c1-18-13-14-22(20-10-4-3-9-19(18)20)25(28)23-17-27(16-8-2-7-15-26)24-12-6-5-11-21(23)24/h3-6,9-14,17H,2,7-8,15-16H2,1H3/i15D2,16D2. The van der Waals surface area contributed by atoms with Crippen LogP contribution in [-0.4, -0.2) is 17.0 Å². The van der Waals surface area contributed by atoms with Gasteiger partial charge in [0, 0.05) is 37.5 Å². The predicted molar refractivity (Wildman–Crippen MR) is 114 cm³/mol. The number of ketones is 1. The lowest BCUT2D eigenvalue weighted by Gasteiger charge is -2.08. The van der Waals surface area contributed by atoms with Gasteiger partial charge < -0.3 is 4.57 Å². The van der Waals surface area contributed by atoms with Gasteiger partial charge in [0.2, 0.25) is 0 Å². The third-order valence-electron chi connectivity index (χ3n) is 5.07. The first-order valence-corrected chi connectivity index (χ1v) is 9.41. The molecule has 3 heteroatoms. The van der Waals surface area contributed by atoms with Crippen LogP contribution in [0.3, 0.4) is 0 Å². The highest BCUT2D eigenvalue weighted by Gasteiger charge is 2.18. The number of hydrogen-bond acceptors (Lipinski definition) is 1. The summed E-state index contributed by atoms with van der Waals surface area (Å²) in [6, 6.07) is 18.6. The van der Waals surface area contributed by atoms with Crippen LogP contribution in [0.15, 0.2) is 66.9 Å². The number of alkyl halides is 1. The van der Waals surface area contributed by atoms with E-state index < -0.39 is 13.1 Å². The Kier molecular flexibility index (Phi) is 4.02. The van der Waals surface area contributed by atoms with Crippen LogP contribution in [0, 0.1) is 6.92 Å². The second kappa shape index (κ2) is 7.97. The summed E-state index contributed by atoms with van der Waals surface area (Å²) in [5.41, 5.74) is 2.60.